The molecule has 24 heavy (non-hydrogen) atoms. The van der Waals surface area contributed by atoms with Crippen molar-refractivity contribution in [2.75, 3.05) is 25.1 Å². The maximum Gasteiger partial charge on any atom is 0.407 e. The highest BCUT2D eigenvalue weighted by Crippen LogP contribution is 2.28. The van der Waals surface area contributed by atoms with Crippen LogP contribution in [0.2, 0.25) is 0 Å². The van der Waals surface area contributed by atoms with Crippen molar-refractivity contribution in [1.29, 1.82) is 0 Å². The van der Waals surface area contributed by atoms with Gasteiger partial charge in [-0.3, -0.25) is 0 Å². The molecule has 1 aromatic carbocycles. The lowest BCUT2D eigenvalue weighted by Gasteiger charge is -2.23. The number of carbonyl (C=O) groups is 1. The Morgan fingerprint density at radius 2 is 2.17 bits per heavy atom. The van der Waals surface area contributed by atoms with Gasteiger partial charge in [-0.25, -0.2) is 4.79 Å². The van der Waals surface area contributed by atoms with Crippen molar-refractivity contribution < 1.29 is 14.3 Å². The van der Waals surface area contributed by atoms with Gasteiger partial charge >= 0.3 is 6.09 Å². The average molecular weight is 334 g/mol. The van der Waals surface area contributed by atoms with Crippen LogP contribution in [0.15, 0.2) is 24.3 Å². The number of alkyl carbamates (subject to hydrolysis) is 1. The van der Waals surface area contributed by atoms with E-state index in [9.17, 15) is 4.79 Å². The van der Waals surface area contributed by atoms with Gasteiger partial charge in [0.15, 0.2) is 0 Å². The summed E-state index contributed by atoms with van der Waals surface area (Å²) in [5.74, 6) is 1.46. The molecule has 0 saturated carbocycles. The van der Waals surface area contributed by atoms with E-state index in [4.69, 9.17) is 9.47 Å². The molecule has 2 rings (SSSR count). The Hall–Kier alpha value is -1.91. The number of hydrogen-bond donors (Lipinski definition) is 1. The van der Waals surface area contributed by atoms with Crippen LogP contribution < -0.4 is 15.0 Å². The van der Waals surface area contributed by atoms with Gasteiger partial charge in [0, 0.05) is 30.9 Å². The van der Waals surface area contributed by atoms with Crippen molar-refractivity contribution in [3.8, 4) is 5.75 Å². The summed E-state index contributed by atoms with van der Waals surface area (Å²) >= 11 is 0. The van der Waals surface area contributed by atoms with Gasteiger partial charge in [0.25, 0.3) is 0 Å². The molecule has 1 aliphatic heterocycles. The molecule has 134 valence electrons. The topological polar surface area (TPSA) is 50.8 Å². The number of benzene rings is 1. The van der Waals surface area contributed by atoms with Crippen LogP contribution in [0.1, 0.15) is 40.5 Å². The summed E-state index contributed by atoms with van der Waals surface area (Å²) < 4.78 is 10.6. The van der Waals surface area contributed by atoms with Gasteiger partial charge in [-0.1, -0.05) is 6.07 Å². The molecule has 0 spiro atoms. The van der Waals surface area contributed by atoms with E-state index in [0.29, 0.717) is 5.92 Å². The molecule has 2 atom stereocenters. The summed E-state index contributed by atoms with van der Waals surface area (Å²) in [5, 5.41) is 2.94. The molecule has 5 nitrogen and oxygen atoms in total. The Bertz CT molecular complexity index is 554. The fourth-order valence-corrected chi connectivity index (χ4v) is 3.13. The summed E-state index contributed by atoms with van der Waals surface area (Å²) in [7, 11) is 1.69. The first-order valence-corrected chi connectivity index (χ1v) is 8.65. The Balaban J connectivity index is 1.81. The monoisotopic (exact) mass is 334 g/mol. The first kappa shape index (κ1) is 18.4. The van der Waals surface area contributed by atoms with Crippen molar-refractivity contribution >= 4 is 11.8 Å². The molecule has 1 heterocycles. The Kier molecular flexibility index (Phi) is 5.97. The summed E-state index contributed by atoms with van der Waals surface area (Å²) in [5.41, 5.74) is 0.741. The molecule has 0 bridgehead atoms. The van der Waals surface area contributed by atoms with E-state index in [-0.39, 0.29) is 12.1 Å². The van der Waals surface area contributed by atoms with E-state index >= 15 is 0 Å². The van der Waals surface area contributed by atoms with Crippen molar-refractivity contribution in [3.63, 3.8) is 0 Å². The molecule has 5 heteroatoms. The van der Waals surface area contributed by atoms with Crippen molar-refractivity contribution in [2.24, 2.45) is 5.92 Å². The highest BCUT2D eigenvalue weighted by Gasteiger charge is 2.26. The number of nitrogens with one attached hydrogen (secondary N) is 1. The number of rotatable bonds is 5. The lowest BCUT2D eigenvalue weighted by molar-refractivity contribution is 0.0503. The molecular weight excluding hydrogens is 304 g/mol. The molecule has 0 aliphatic carbocycles. The second-order valence-corrected chi connectivity index (χ2v) is 7.59. The van der Waals surface area contributed by atoms with Gasteiger partial charge < -0.3 is 19.7 Å². The molecule has 2 unspecified atom stereocenters. The molecule has 1 N–H and O–H groups in total. The fraction of sp³-hybridized carbons (Fsp3) is 0.632. The van der Waals surface area contributed by atoms with Crippen LogP contribution in [0.3, 0.4) is 0 Å². The highest BCUT2D eigenvalue weighted by atomic mass is 16.6. The van der Waals surface area contributed by atoms with E-state index in [0.717, 1.165) is 31.7 Å². The zero-order chi connectivity index (χ0) is 17.7. The van der Waals surface area contributed by atoms with E-state index in [1.54, 1.807) is 7.11 Å². The van der Waals surface area contributed by atoms with E-state index in [2.05, 4.69) is 22.3 Å². The summed E-state index contributed by atoms with van der Waals surface area (Å²) in [6.45, 7) is 9.71. The maximum absolute atomic E-state index is 11.8. The fourth-order valence-electron chi connectivity index (χ4n) is 3.13. The molecule has 1 amide bonds. The molecule has 1 aliphatic rings. The Morgan fingerprint density at radius 3 is 2.83 bits per heavy atom. The predicted octanol–water partition coefficient (Wildman–Crippen LogP) is 3.82. The Morgan fingerprint density at radius 1 is 1.42 bits per heavy atom. The Labute approximate surface area is 145 Å². The molecular formula is C19H30N2O3. The smallest absolute Gasteiger partial charge is 0.407 e. The maximum atomic E-state index is 11.8. The van der Waals surface area contributed by atoms with Crippen LogP contribution in [0.4, 0.5) is 10.5 Å². The van der Waals surface area contributed by atoms with Crippen LogP contribution in [-0.2, 0) is 4.74 Å². The number of hydrogen-bond acceptors (Lipinski definition) is 4. The predicted molar refractivity (Wildman–Crippen MR) is 96.8 cm³/mol. The average Bonchev–Trinajstić information content (AvgIpc) is 2.93. The van der Waals surface area contributed by atoms with E-state index in [1.165, 1.54) is 5.69 Å². The number of amides is 1. The largest absolute Gasteiger partial charge is 0.497 e. The molecule has 1 saturated heterocycles. The van der Waals surface area contributed by atoms with Crippen molar-refractivity contribution in [1.82, 2.24) is 5.32 Å². The molecule has 1 aromatic rings. The number of ether oxygens (including phenoxy) is 2. The summed E-state index contributed by atoms with van der Waals surface area (Å²) in [6.07, 6.45) is 1.76. The number of nitrogens with zero attached hydrogens (tertiary/aromatic N) is 1. The zero-order valence-corrected chi connectivity index (χ0v) is 15.5. The van der Waals surface area contributed by atoms with Gasteiger partial charge in [-0.2, -0.15) is 0 Å². The third-order valence-corrected chi connectivity index (χ3v) is 4.15. The minimum absolute atomic E-state index is 0.107. The normalized spacial score (nSPS) is 19.0. The van der Waals surface area contributed by atoms with Crippen LogP contribution in [0.25, 0.3) is 0 Å². The third kappa shape index (κ3) is 5.62. The SMILES string of the molecule is COc1cccc(N2CCC(CC(C)NC(=O)OC(C)(C)C)C2)c1. The second kappa shape index (κ2) is 7.77. The van der Waals surface area contributed by atoms with Gasteiger partial charge in [-0.15, -0.1) is 0 Å². The van der Waals surface area contributed by atoms with E-state index < -0.39 is 5.60 Å². The quantitative estimate of drug-likeness (QED) is 0.889. The number of carbonyl (C=O) groups excluding carboxylic acids is 1. The second-order valence-electron chi connectivity index (χ2n) is 7.59. The molecule has 0 radical (unpaired) electrons. The van der Waals surface area contributed by atoms with Gasteiger partial charge in [-0.05, 0) is 58.6 Å². The summed E-state index contributed by atoms with van der Waals surface area (Å²) in [4.78, 5) is 14.2. The minimum Gasteiger partial charge on any atom is -0.497 e. The number of methoxy groups -OCH3 is 1. The lowest BCUT2D eigenvalue weighted by Crippen LogP contribution is -2.38. The minimum atomic E-state index is -0.458. The molecule has 1 fully saturated rings. The van der Waals surface area contributed by atoms with Gasteiger partial charge in [0.2, 0.25) is 0 Å². The molecule has 0 aromatic heterocycles. The standard InChI is InChI=1S/C19H30N2O3/c1-14(20-18(22)24-19(2,3)4)11-15-9-10-21(13-15)16-7-6-8-17(12-16)23-5/h6-8,12,14-15H,9-11,13H2,1-5H3,(H,20,22). The lowest BCUT2D eigenvalue weighted by atomic mass is 10.0. The van der Waals surface area contributed by atoms with Crippen molar-refractivity contribution in [3.05, 3.63) is 24.3 Å². The highest BCUT2D eigenvalue weighted by molar-refractivity contribution is 5.68. The van der Waals surface area contributed by atoms with Crippen LogP contribution in [-0.4, -0.2) is 37.9 Å². The van der Waals surface area contributed by atoms with Crippen molar-refractivity contribution in [2.45, 2.75) is 52.2 Å². The first-order valence-electron chi connectivity index (χ1n) is 8.65. The van der Waals surface area contributed by atoms with Crippen LogP contribution >= 0.6 is 0 Å². The van der Waals surface area contributed by atoms with Gasteiger partial charge in [0.05, 0.1) is 7.11 Å². The number of anilines is 1. The zero-order valence-electron chi connectivity index (χ0n) is 15.5. The van der Waals surface area contributed by atoms with Crippen LogP contribution in [0.5, 0.6) is 5.75 Å². The summed E-state index contributed by atoms with van der Waals surface area (Å²) in [6, 6.07) is 8.28. The van der Waals surface area contributed by atoms with E-state index in [1.807, 2.05) is 39.8 Å². The van der Waals surface area contributed by atoms with Crippen LogP contribution in [0, 0.1) is 5.92 Å². The first-order chi connectivity index (χ1) is 11.3. The third-order valence-electron chi connectivity index (χ3n) is 4.15. The van der Waals surface area contributed by atoms with Gasteiger partial charge in [0.1, 0.15) is 11.4 Å².